The minimum absolute atomic E-state index is 0.119. The number of carbonyl (C=O) groups is 2. The predicted octanol–water partition coefficient (Wildman–Crippen LogP) is 4.42. The molecule has 0 saturated carbocycles. The fraction of sp³-hybridized carbons (Fsp3) is 0.0909. The monoisotopic (exact) mass is 390 g/mol. The lowest BCUT2D eigenvalue weighted by Gasteiger charge is -2.18. The first-order valence-electron chi connectivity index (χ1n) is 8.82. The van der Waals surface area contributed by atoms with Crippen LogP contribution in [0.2, 0.25) is 0 Å². The van der Waals surface area contributed by atoms with Gasteiger partial charge >= 0.3 is 5.97 Å². The van der Waals surface area contributed by atoms with E-state index >= 15 is 0 Å². The van der Waals surface area contributed by atoms with Crippen molar-refractivity contribution >= 4 is 23.1 Å². The van der Waals surface area contributed by atoms with Crippen LogP contribution in [0, 0.1) is 10.1 Å². The van der Waals surface area contributed by atoms with Gasteiger partial charge in [0.2, 0.25) is 5.78 Å². The van der Waals surface area contributed by atoms with E-state index < -0.39 is 22.8 Å². The van der Waals surface area contributed by atoms with E-state index in [2.05, 4.69) is 5.32 Å². The number of esters is 1. The molecular weight excluding hydrogens is 372 g/mol. The zero-order chi connectivity index (χ0) is 20.8. The summed E-state index contributed by atoms with van der Waals surface area (Å²) in [4.78, 5) is 36.2. The fourth-order valence-electron chi connectivity index (χ4n) is 2.85. The Kier molecular flexibility index (Phi) is 5.99. The van der Waals surface area contributed by atoms with Crippen molar-refractivity contribution < 1.29 is 19.2 Å². The van der Waals surface area contributed by atoms with Gasteiger partial charge in [0.05, 0.1) is 10.5 Å². The summed E-state index contributed by atoms with van der Waals surface area (Å²) in [7, 11) is 1.68. The molecule has 1 N–H and O–H groups in total. The number of nitro benzene ring substituents is 1. The Morgan fingerprint density at radius 3 is 2.17 bits per heavy atom. The number of ether oxygens (including phenoxy) is 1. The maximum atomic E-state index is 13.1. The number of para-hydroxylation sites is 1. The molecule has 3 aromatic carbocycles. The second kappa shape index (κ2) is 8.79. The third kappa shape index (κ3) is 4.47. The van der Waals surface area contributed by atoms with Gasteiger partial charge in [0, 0.05) is 36.0 Å². The molecule has 0 aliphatic carbocycles. The molecule has 0 aromatic heterocycles. The van der Waals surface area contributed by atoms with Crippen LogP contribution < -0.4 is 5.32 Å². The second-order valence-corrected chi connectivity index (χ2v) is 6.16. The number of nitrogens with one attached hydrogen (secondary N) is 1. The first-order valence-corrected chi connectivity index (χ1v) is 8.82. The minimum atomic E-state index is -1.24. The van der Waals surface area contributed by atoms with Crippen LogP contribution >= 0.6 is 0 Å². The third-order valence-corrected chi connectivity index (χ3v) is 4.34. The Labute approximate surface area is 167 Å². The lowest BCUT2D eigenvalue weighted by molar-refractivity contribution is -0.384. The van der Waals surface area contributed by atoms with Crippen LogP contribution in [0.25, 0.3) is 0 Å². The number of rotatable bonds is 7. The highest BCUT2D eigenvalue weighted by atomic mass is 16.6. The Bertz CT molecular complexity index is 1030. The van der Waals surface area contributed by atoms with Gasteiger partial charge in [0.15, 0.2) is 6.10 Å². The fourth-order valence-corrected chi connectivity index (χ4v) is 2.85. The van der Waals surface area contributed by atoms with Crippen LogP contribution in [0.5, 0.6) is 0 Å². The van der Waals surface area contributed by atoms with Crippen molar-refractivity contribution in [3.63, 3.8) is 0 Å². The lowest BCUT2D eigenvalue weighted by atomic mass is 9.99. The number of hydrogen-bond donors (Lipinski definition) is 1. The number of carbonyl (C=O) groups excluding carboxylic acids is 2. The van der Waals surface area contributed by atoms with Gasteiger partial charge in [-0.1, -0.05) is 42.5 Å². The zero-order valence-electron chi connectivity index (χ0n) is 15.6. The number of non-ortho nitro benzene ring substituents is 1. The van der Waals surface area contributed by atoms with Gasteiger partial charge < -0.3 is 10.1 Å². The van der Waals surface area contributed by atoms with Crippen molar-refractivity contribution in [2.75, 3.05) is 12.4 Å². The molecule has 0 spiro atoms. The van der Waals surface area contributed by atoms with Crippen molar-refractivity contribution in [2.45, 2.75) is 6.10 Å². The molecule has 29 heavy (non-hydrogen) atoms. The molecular formula is C22H18N2O5. The van der Waals surface area contributed by atoms with Crippen molar-refractivity contribution in [2.24, 2.45) is 0 Å². The molecule has 7 nitrogen and oxygen atoms in total. The van der Waals surface area contributed by atoms with Crippen LogP contribution in [-0.2, 0) is 4.74 Å². The molecule has 0 aliphatic heterocycles. The molecule has 146 valence electrons. The summed E-state index contributed by atoms with van der Waals surface area (Å²) in [5, 5.41) is 13.8. The quantitative estimate of drug-likeness (QED) is 0.278. The number of benzene rings is 3. The number of ketones is 1. The average molecular weight is 390 g/mol. The maximum Gasteiger partial charge on any atom is 0.341 e. The minimum Gasteiger partial charge on any atom is -0.445 e. The summed E-state index contributed by atoms with van der Waals surface area (Å²) in [5.74, 6) is -1.10. The Balaban J connectivity index is 1.97. The van der Waals surface area contributed by atoms with Gasteiger partial charge in [-0.2, -0.15) is 0 Å². The van der Waals surface area contributed by atoms with E-state index in [-0.39, 0.29) is 11.3 Å². The summed E-state index contributed by atoms with van der Waals surface area (Å²) in [5.41, 5.74) is 1.44. The third-order valence-electron chi connectivity index (χ3n) is 4.34. The first kappa shape index (κ1) is 19.8. The number of hydrogen-bond acceptors (Lipinski definition) is 6. The summed E-state index contributed by atoms with van der Waals surface area (Å²) in [6, 6.07) is 20.6. The molecule has 0 saturated heterocycles. The van der Waals surface area contributed by atoms with E-state index in [4.69, 9.17) is 4.74 Å². The van der Waals surface area contributed by atoms with Gasteiger partial charge in [-0.25, -0.2) is 4.79 Å². The molecule has 0 fully saturated rings. The molecule has 0 amide bonds. The zero-order valence-corrected chi connectivity index (χ0v) is 15.6. The highest BCUT2D eigenvalue weighted by Crippen LogP contribution is 2.27. The smallest absolute Gasteiger partial charge is 0.341 e. The van der Waals surface area contributed by atoms with Gasteiger partial charge in [0.1, 0.15) is 0 Å². The van der Waals surface area contributed by atoms with E-state index in [0.29, 0.717) is 16.8 Å². The van der Waals surface area contributed by atoms with Gasteiger partial charge in [-0.15, -0.1) is 0 Å². The molecule has 7 heteroatoms. The van der Waals surface area contributed by atoms with Crippen molar-refractivity contribution in [1.29, 1.82) is 0 Å². The predicted molar refractivity (Wildman–Crippen MR) is 108 cm³/mol. The Morgan fingerprint density at radius 1 is 0.931 bits per heavy atom. The van der Waals surface area contributed by atoms with E-state index in [1.165, 1.54) is 24.3 Å². The number of nitrogens with zero attached hydrogens (tertiary/aromatic N) is 1. The SMILES string of the molecule is CNc1ccccc1C(=O)O[C@H](C(=O)c1ccccc1)c1ccc([N+](=O)[O-])cc1. The van der Waals surface area contributed by atoms with E-state index in [9.17, 15) is 19.7 Å². The normalized spacial score (nSPS) is 11.3. The summed E-state index contributed by atoms with van der Waals surface area (Å²) in [6.07, 6.45) is -1.24. The Morgan fingerprint density at radius 2 is 1.55 bits per heavy atom. The number of Topliss-reactive ketones (excluding diaryl/α,β-unsaturated/α-hetero) is 1. The van der Waals surface area contributed by atoms with Crippen molar-refractivity contribution in [3.8, 4) is 0 Å². The molecule has 0 radical (unpaired) electrons. The van der Waals surface area contributed by atoms with Crippen LogP contribution in [-0.4, -0.2) is 23.7 Å². The molecule has 0 aliphatic rings. The largest absolute Gasteiger partial charge is 0.445 e. The number of anilines is 1. The highest BCUT2D eigenvalue weighted by molar-refractivity contribution is 6.03. The summed E-state index contributed by atoms with van der Waals surface area (Å²) >= 11 is 0. The van der Waals surface area contributed by atoms with Crippen molar-refractivity contribution in [1.82, 2.24) is 0 Å². The van der Waals surface area contributed by atoms with Crippen LogP contribution in [0.4, 0.5) is 11.4 Å². The average Bonchev–Trinajstić information content (AvgIpc) is 2.77. The van der Waals surface area contributed by atoms with Crippen molar-refractivity contribution in [3.05, 3.63) is 106 Å². The molecule has 3 aromatic rings. The van der Waals surface area contributed by atoms with Crippen LogP contribution in [0.3, 0.4) is 0 Å². The molecule has 3 rings (SSSR count). The van der Waals surface area contributed by atoms with E-state index in [1.807, 2.05) is 0 Å². The molecule has 0 bridgehead atoms. The van der Waals surface area contributed by atoms with Crippen LogP contribution in [0.1, 0.15) is 32.4 Å². The standard InChI is InChI=1S/C22H18N2O5/c1-23-19-10-6-5-9-18(19)22(26)29-21(20(25)15-7-3-2-4-8-15)16-11-13-17(14-12-16)24(27)28/h2-14,21,23H,1H3/t21-/m0/s1. The number of nitro groups is 1. The van der Waals surface area contributed by atoms with E-state index in [0.717, 1.165) is 0 Å². The summed E-state index contributed by atoms with van der Waals surface area (Å²) < 4.78 is 5.58. The van der Waals surface area contributed by atoms with Gasteiger partial charge in [-0.3, -0.25) is 14.9 Å². The lowest BCUT2D eigenvalue weighted by Crippen LogP contribution is -2.21. The van der Waals surface area contributed by atoms with Gasteiger partial charge in [0.25, 0.3) is 5.69 Å². The highest BCUT2D eigenvalue weighted by Gasteiger charge is 2.28. The Hall–Kier alpha value is -4.00. The second-order valence-electron chi connectivity index (χ2n) is 6.16. The molecule has 0 heterocycles. The van der Waals surface area contributed by atoms with Crippen LogP contribution in [0.15, 0.2) is 78.9 Å². The topological polar surface area (TPSA) is 98.5 Å². The van der Waals surface area contributed by atoms with Gasteiger partial charge in [-0.05, 0) is 24.3 Å². The molecule has 1 atom stereocenters. The summed E-state index contributed by atoms with van der Waals surface area (Å²) in [6.45, 7) is 0. The molecule has 0 unspecified atom stereocenters. The maximum absolute atomic E-state index is 13.1. The van der Waals surface area contributed by atoms with E-state index in [1.54, 1.807) is 61.6 Å². The first-order chi connectivity index (χ1) is 14.0.